The predicted octanol–water partition coefficient (Wildman–Crippen LogP) is 5.92. The van der Waals surface area contributed by atoms with E-state index >= 15 is 0 Å². The molecule has 1 N–H and O–H groups in total. The average Bonchev–Trinajstić information content (AvgIpc) is 3.16. The number of carbonyl (C=O) groups is 2. The Bertz CT molecular complexity index is 1380. The number of carbonyl (C=O) groups excluding carboxylic acids is 2. The number of aromatic nitrogens is 2. The minimum absolute atomic E-state index is 0.0546. The number of thiazole rings is 1. The molecule has 0 atom stereocenters. The number of hydrogen-bond donors (Lipinski definition) is 1. The molecule has 0 unspecified atom stereocenters. The molecule has 2 aromatic carbocycles. The smallest absolute Gasteiger partial charge is 0.265 e. The molecular formula is C27H28N4O2S. The number of nitrogens with one attached hydrogen (secondary N) is 1. The minimum atomic E-state index is -0.288. The second kappa shape index (κ2) is 8.99. The van der Waals surface area contributed by atoms with Gasteiger partial charge >= 0.3 is 0 Å². The van der Waals surface area contributed by atoms with Crippen molar-refractivity contribution in [2.45, 2.75) is 33.1 Å². The predicted molar refractivity (Wildman–Crippen MR) is 139 cm³/mol. The molecule has 4 aromatic rings. The summed E-state index contributed by atoms with van der Waals surface area (Å²) in [5.41, 5.74) is 4.80. The van der Waals surface area contributed by atoms with E-state index < -0.39 is 0 Å². The molecule has 2 amide bonds. The summed E-state index contributed by atoms with van der Waals surface area (Å²) in [6.45, 7) is 8.30. The van der Waals surface area contributed by atoms with E-state index in [0.29, 0.717) is 21.3 Å². The summed E-state index contributed by atoms with van der Waals surface area (Å²) < 4.78 is 0. The van der Waals surface area contributed by atoms with E-state index in [0.717, 1.165) is 22.2 Å². The van der Waals surface area contributed by atoms with Crippen LogP contribution in [-0.2, 0) is 5.41 Å². The molecule has 34 heavy (non-hydrogen) atoms. The average molecular weight is 473 g/mol. The molecule has 0 aliphatic carbocycles. The Morgan fingerprint density at radius 3 is 2.29 bits per heavy atom. The van der Waals surface area contributed by atoms with Gasteiger partial charge < -0.3 is 4.90 Å². The first kappa shape index (κ1) is 23.6. The first-order valence-corrected chi connectivity index (χ1v) is 11.9. The lowest BCUT2D eigenvalue weighted by molar-refractivity contribution is 0.0831. The maximum Gasteiger partial charge on any atom is 0.265 e. The Hall–Kier alpha value is -3.58. The third-order valence-electron chi connectivity index (χ3n) is 5.62. The highest BCUT2D eigenvalue weighted by molar-refractivity contribution is 7.17. The van der Waals surface area contributed by atoms with Crippen molar-refractivity contribution in [2.24, 2.45) is 0 Å². The van der Waals surface area contributed by atoms with Gasteiger partial charge in [0.2, 0.25) is 0 Å². The second-order valence-corrected chi connectivity index (χ2v) is 10.5. The van der Waals surface area contributed by atoms with Gasteiger partial charge in [0, 0.05) is 25.0 Å². The van der Waals surface area contributed by atoms with Crippen molar-refractivity contribution in [3.63, 3.8) is 0 Å². The first-order valence-electron chi connectivity index (χ1n) is 11.1. The molecule has 0 aliphatic heterocycles. The maximum atomic E-state index is 13.4. The van der Waals surface area contributed by atoms with Gasteiger partial charge in [0.1, 0.15) is 4.88 Å². The van der Waals surface area contributed by atoms with Crippen molar-refractivity contribution in [2.75, 3.05) is 19.4 Å². The monoisotopic (exact) mass is 472 g/mol. The highest BCUT2D eigenvalue weighted by Gasteiger charge is 2.20. The molecule has 0 radical (unpaired) electrons. The summed E-state index contributed by atoms with van der Waals surface area (Å²) in [6.07, 6.45) is 0. The zero-order chi connectivity index (χ0) is 24.6. The standard InChI is InChI=1S/C27H28N4O2S/c1-16-23(25(33)31(5)6)34-26(28-16)30-24(32)20-15-22(29-21-10-8-7-9-19(20)21)17-11-13-18(14-12-17)27(2,3)4/h7-15H,1-6H3,(H,28,30,32). The molecule has 0 fully saturated rings. The van der Waals surface area contributed by atoms with Gasteiger partial charge in [0.05, 0.1) is 22.5 Å². The Morgan fingerprint density at radius 2 is 1.65 bits per heavy atom. The van der Waals surface area contributed by atoms with E-state index in [9.17, 15) is 9.59 Å². The van der Waals surface area contributed by atoms with E-state index in [4.69, 9.17) is 4.98 Å². The lowest BCUT2D eigenvalue weighted by Crippen LogP contribution is -2.21. The fraction of sp³-hybridized carbons (Fsp3) is 0.259. The summed E-state index contributed by atoms with van der Waals surface area (Å²) in [4.78, 5) is 36.9. The Morgan fingerprint density at radius 1 is 0.971 bits per heavy atom. The molecule has 4 rings (SSSR count). The fourth-order valence-electron chi connectivity index (χ4n) is 3.67. The normalized spacial score (nSPS) is 11.5. The number of anilines is 1. The summed E-state index contributed by atoms with van der Waals surface area (Å²) in [5.74, 6) is -0.422. The number of fused-ring (bicyclic) bond motifs is 1. The lowest BCUT2D eigenvalue weighted by Gasteiger charge is -2.19. The highest BCUT2D eigenvalue weighted by Crippen LogP contribution is 2.29. The van der Waals surface area contributed by atoms with Crippen LogP contribution in [0.4, 0.5) is 5.13 Å². The fourth-order valence-corrected chi connectivity index (χ4v) is 4.65. The van der Waals surface area contributed by atoms with Crippen LogP contribution in [0.1, 0.15) is 52.1 Å². The van der Waals surface area contributed by atoms with Crippen molar-refractivity contribution in [1.29, 1.82) is 0 Å². The lowest BCUT2D eigenvalue weighted by atomic mass is 9.86. The largest absolute Gasteiger partial charge is 0.344 e. The molecule has 2 heterocycles. The van der Waals surface area contributed by atoms with Crippen molar-refractivity contribution in [1.82, 2.24) is 14.9 Å². The SMILES string of the molecule is Cc1nc(NC(=O)c2cc(-c3ccc(C(C)(C)C)cc3)nc3ccccc23)sc1C(=O)N(C)C. The van der Waals surface area contributed by atoms with E-state index in [1.165, 1.54) is 21.8 Å². The van der Waals surface area contributed by atoms with E-state index in [-0.39, 0.29) is 17.2 Å². The third-order valence-corrected chi connectivity index (χ3v) is 6.69. The van der Waals surface area contributed by atoms with Crippen molar-refractivity contribution < 1.29 is 9.59 Å². The van der Waals surface area contributed by atoms with E-state index in [1.807, 2.05) is 42.5 Å². The van der Waals surface area contributed by atoms with Gasteiger partial charge in [-0.15, -0.1) is 0 Å². The Kier molecular flexibility index (Phi) is 6.23. The van der Waals surface area contributed by atoms with Gasteiger partial charge in [-0.2, -0.15) is 0 Å². The van der Waals surface area contributed by atoms with Crippen LogP contribution >= 0.6 is 11.3 Å². The second-order valence-electron chi connectivity index (χ2n) is 9.49. The zero-order valence-electron chi connectivity index (χ0n) is 20.3. The van der Waals surface area contributed by atoms with Crippen molar-refractivity contribution in [3.05, 3.63) is 76.3 Å². The molecule has 174 valence electrons. The van der Waals surface area contributed by atoms with Gasteiger partial charge in [0.25, 0.3) is 11.8 Å². The molecule has 0 aliphatic rings. The van der Waals surface area contributed by atoms with E-state index in [2.05, 4.69) is 43.2 Å². The number of rotatable bonds is 4. The number of aryl methyl sites for hydroxylation is 1. The number of hydrogen-bond acceptors (Lipinski definition) is 5. The Balaban J connectivity index is 1.72. The maximum absolute atomic E-state index is 13.4. The number of pyridine rings is 1. The summed E-state index contributed by atoms with van der Waals surface area (Å²) in [6, 6.07) is 17.7. The van der Waals surface area contributed by atoms with E-state index in [1.54, 1.807) is 21.0 Å². The summed E-state index contributed by atoms with van der Waals surface area (Å²) >= 11 is 1.18. The molecule has 6 nitrogen and oxygen atoms in total. The number of benzene rings is 2. The van der Waals surface area contributed by atoms with Crippen LogP contribution in [0.25, 0.3) is 22.2 Å². The van der Waals surface area contributed by atoms with Crippen LogP contribution < -0.4 is 5.32 Å². The molecule has 0 bridgehead atoms. The zero-order valence-corrected chi connectivity index (χ0v) is 21.1. The first-order chi connectivity index (χ1) is 16.0. The van der Waals surface area contributed by atoms with Crippen LogP contribution in [0.3, 0.4) is 0 Å². The summed E-state index contributed by atoms with van der Waals surface area (Å²) in [7, 11) is 3.39. The number of amides is 2. The van der Waals surface area contributed by atoms with Crippen LogP contribution in [0.15, 0.2) is 54.6 Å². The van der Waals surface area contributed by atoms with Gasteiger partial charge in [-0.3, -0.25) is 14.9 Å². The third kappa shape index (κ3) is 4.70. The molecule has 0 spiro atoms. The molecule has 7 heteroatoms. The molecule has 0 saturated heterocycles. The van der Waals surface area contributed by atoms with Gasteiger partial charge in [-0.05, 0) is 30.0 Å². The molecule has 2 aromatic heterocycles. The van der Waals surface area contributed by atoms with Crippen LogP contribution in [-0.4, -0.2) is 40.8 Å². The van der Waals surface area contributed by atoms with Gasteiger partial charge in [-0.1, -0.05) is 74.6 Å². The van der Waals surface area contributed by atoms with Crippen LogP contribution in [0.2, 0.25) is 0 Å². The number of nitrogens with zero attached hydrogens (tertiary/aromatic N) is 3. The van der Waals surface area contributed by atoms with Crippen molar-refractivity contribution >= 4 is 39.2 Å². The van der Waals surface area contributed by atoms with Gasteiger partial charge in [-0.25, -0.2) is 9.97 Å². The van der Waals surface area contributed by atoms with Crippen LogP contribution in [0.5, 0.6) is 0 Å². The minimum Gasteiger partial charge on any atom is -0.344 e. The quantitative estimate of drug-likeness (QED) is 0.400. The van der Waals surface area contributed by atoms with Crippen LogP contribution in [0, 0.1) is 6.92 Å². The Labute approximate surface area is 203 Å². The topological polar surface area (TPSA) is 75.2 Å². The van der Waals surface area contributed by atoms with Crippen molar-refractivity contribution in [3.8, 4) is 11.3 Å². The summed E-state index contributed by atoms with van der Waals surface area (Å²) in [5, 5.41) is 4.03. The number of para-hydroxylation sites is 1. The highest BCUT2D eigenvalue weighted by atomic mass is 32.1. The van der Waals surface area contributed by atoms with Gasteiger partial charge in [0.15, 0.2) is 5.13 Å². The molecule has 0 saturated carbocycles. The molecular weight excluding hydrogens is 444 g/mol.